The molecule has 0 bridgehead atoms. The largest absolute Gasteiger partial charge is 0.416 e. The standard InChI is InChI=1S/C21H38O4Si/c1-14-10-11-15-12-16(23-7)25-18(15)17(14)19(22)21(5,6)13-24-26(8,9)20(2,3)4/h12,14,16-18H,10-11,13H2,1-9H3/t14-,16?,17+,18?/m0/s1. The predicted octanol–water partition coefficient (Wildman–Crippen LogP) is 4.95. The average Bonchev–Trinajstić information content (AvgIpc) is 2.94. The molecule has 2 unspecified atom stereocenters. The number of fused-ring (bicyclic) bond motifs is 1. The molecule has 0 amide bonds. The Balaban J connectivity index is 2.14. The summed E-state index contributed by atoms with van der Waals surface area (Å²) in [6.07, 6.45) is 3.62. The molecule has 2 aliphatic rings. The molecule has 0 spiro atoms. The molecule has 0 aromatic carbocycles. The number of Topliss-reactive ketones (excluding diaryl/α,β-unsaturated/α-hetero) is 1. The van der Waals surface area contributed by atoms with Crippen LogP contribution in [0.2, 0.25) is 18.1 Å². The van der Waals surface area contributed by atoms with Crippen LogP contribution >= 0.6 is 0 Å². The fraction of sp³-hybridized carbons (Fsp3) is 0.857. The first kappa shape index (κ1) is 21.8. The van der Waals surface area contributed by atoms with E-state index in [4.69, 9.17) is 13.9 Å². The maximum atomic E-state index is 13.5. The summed E-state index contributed by atoms with van der Waals surface area (Å²) in [5, 5.41) is 0.139. The quantitative estimate of drug-likeness (QED) is 0.482. The van der Waals surface area contributed by atoms with Crippen LogP contribution in [-0.2, 0) is 18.7 Å². The number of carbonyl (C=O) groups excluding carboxylic acids is 1. The highest BCUT2D eigenvalue weighted by atomic mass is 28.4. The molecular weight excluding hydrogens is 344 g/mol. The Kier molecular flexibility index (Phi) is 6.28. The summed E-state index contributed by atoms with van der Waals surface area (Å²) in [5.74, 6) is 0.455. The van der Waals surface area contributed by atoms with Crippen LogP contribution in [0.25, 0.3) is 0 Å². The van der Waals surface area contributed by atoms with Crippen molar-refractivity contribution >= 4 is 14.1 Å². The minimum Gasteiger partial charge on any atom is -0.416 e. The van der Waals surface area contributed by atoms with Gasteiger partial charge in [-0.15, -0.1) is 0 Å². The molecule has 0 saturated heterocycles. The lowest BCUT2D eigenvalue weighted by atomic mass is 9.68. The van der Waals surface area contributed by atoms with Gasteiger partial charge in [-0.05, 0) is 48.5 Å². The lowest BCUT2D eigenvalue weighted by molar-refractivity contribution is -0.152. The minimum atomic E-state index is -1.89. The minimum absolute atomic E-state index is 0.117. The SMILES string of the molecule is COC1C=C2CC[C@H](C)[C@@H](C(=O)C(C)(C)CO[Si](C)(C)C(C)(C)C)C2O1. The molecule has 4 nitrogen and oxygen atoms in total. The molecule has 1 aliphatic carbocycles. The van der Waals surface area contributed by atoms with Crippen LogP contribution in [0.4, 0.5) is 0 Å². The summed E-state index contributed by atoms with van der Waals surface area (Å²) < 4.78 is 17.8. The van der Waals surface area contributed by atoms with Gasteiger partial charge in [-0.2, -0.15) is 0 Å². The summed E-state index contributed by atoms with van der Waals surface area (Å²) >= 11 is 0. The molecule has 0 N–H and O–H groups in total. The third kappa shape index (κ3) is 4.32. The summed E-state index contributed by atoms with van der Waals surface area (Å²) in [6, 6.07) is 0. The summed E-state index contributed by atoms with van der Waals surface area (Å²) in [5.41, 5.74) is 0.709. The van der Waals surface area contributed by atoms with Gasteiger partial charge in [-0.25, -0.2) is 0 Å². The van der Waals surface area contributed by atoms with E-state index in [1.807, 2.05) is 13.8 Å². The average molecular weight is 383 g/mol. The van der Waals surface area contributed by atoms with Gasteiger partial charge in [0.25, 0.3) is 0 Å². The van der Waals surface area contributed by atoms with E-state index in [0.29, 0.717) is 12.5 Å². The van der Waals surface area contributed by atoms with E-state index in [-0.39, 0.29) is 29.1 Å². The van der Waals surface area contributed by atoms with Crippen LogP contribution in [0.15, 0.2) is 11.6 Å². The third-order valence-corrected chi connectivity index (χ3v) is 11.1. The van der Waals surface area contributed by atoms with Gasteiger partial charge in [-0.1, -0.05) is 41.5 Å². The fourth-order valence-corrected chi connectivity index (χ4v) is 4.73. The van der Waals surface area contributed by atoms with Gasteiger partial charge in [0.05, 0.1) is 12.0 Å². The number of ketones is 1. The van der Waals surface area contributed by atoms with E-state index in [2.05, 4.69) is 46.9 Å². The zero-order valence-electron chi connectivity index (χ0n) is 18.1. The number of methoxy groups -OCH3 is 1. The Morgan fingerprint density at radius 1 is 1.27 bits per heavy atom. The highest BCUT2D eigenvalue weighted by Gasteiger charge is 2.48. The van der Waals surface area contributed by atoms with E-state index in [9.17, 15) is 4.79 Å². The molecule has 1 heterocycles. The molecule has 150 valence electrons. The Labute approximate surface area is 160 Å². The van der Waals surface area contributed by atoms with Crippen LogP contribution in [0, 0.1) is 17.3 Å². The van der Waals surface area contributed by atoms with Gasteiger partial charge in [0.15, 0.2) is 14.6 Å². The van der Waals surface area contributed by atoms with Crippen molar-refractivity contribution in [2.24, 2.45) is 17.3 Å². The first-order chi connectivity index (χ1) is 11.8. The van der Waals surface area contributed by atoms with Gasteiger partial charge in [0.1, 0.15) is 5.78 Å². The number of carbonyl (C=O) groups is 1. The second-order valence-electron chi connectivity index (χ2n) is 10.2. The first-order valence-corrected chi connectivity index (χ1v) is 12.8. The Morgan fingerprint density at radius 3 is 2.42 bits per heavy atom. The van der Waals surface area contributed by atoms with Crippen molar-refractivity contribution < 1.29 is 18.7 Å². The smallest absolute Gasteiger partial charge is 0.192 e. The summed E-state index contributed by atoms with van der Waals surface area (Å²) in [7, 11) is -0.236. The van der Waals surface area contributed by atoms with E-state index < -0.39 is 13.7 Å². The highest BCUT2D eigenvalue weighted by molar-refractivity contribution is 6.74. The third-order valence-electron chi connectivity index (χ3n) is 6.63. The van der Waals surface area contributed by atoms with Crippen LogP contribution in [0.3, 0.4) is 0 Å². The number of rotatable bonds is 6. The predicted molar refractivity (Wildman–Crippen MR) is 108 cm³/mol. The molecule has 1 aliphatic heterocycles. The lowest BCUT2D eigenvalue weighted by Gasteiger charge is -2.41. The number of hydrogen-bond donors (Lipinski definition) is 0. The van der Waals surface area contributed by atoms with Crippen molar-refractivity contribution in [3.05, 3.63) is 11.6 Å². The Hall–Kier alpha value is -0.493. The van der Waals surface area contributed by atoms with Crippen LogP contribution in [-0.4, -0.2) is 40.2 Å². The first-order valence-electron chi connectivity index (χ1n) is 9.87. The van der Waals surface area contributed by atoms with Crippen molar-refractivity contribution in [3.63, 3.8) is 0 Å². The lowest BCUT2D eigenvalue weighted by Crippen LogP contribution is -2.49. The zero-order chi connectivity index (χ0) is 19.9. The van der Waals surface area contributed by atoms with Gasteiger partial charge in [0.2, 0.25) is 0 Å². The van der Waals surface area contributed by atoms with Crippen LogP contribution in [0.1, 0.15) is 54.4 Å². The molecular formula is C21H38O4Si. The van der Waals surface area contributed by atoms with Gasteiger partial charge in [0, 0.05) is 19.1 Å². The summed E-state index contributed by atoms with van der Waals surface area (Å²) in [6.45, 7) is 17.9. The van der Waals surface area contributed by atoms with Crippen molar-refractivity contribution in [1.82, 2.24) is 0 Å². The van der Waals surface area contributed by atoms with Gasteiger partial charge >= 0.3 is 0 Å². The van der Waals surface area contributed by atoms with Gasteiger partial charge in [-0.3, -0.25) is 4.79 Å². The summed E-state index contributed by atoms with van der Waals surface area (Å²) in [4.78, 5) is 13.5. The normalized spacial score (nSPS) is 30.1. The van der Waals surface area contributed by atoms with E-state index in [0.717, 1.165) is 12.8 Å². The Morgan fingerprint density at radius 2 is 1.88 bits per heavy atom. The van der Waals surface area contributed by atoms with Crippen molar-refractivity contribution in [2.45, 2.75) is 84.9 Å². The molecule has 0 aromatic heterocycles. The maximum Gasteiger partial charge on any atom is 0.192 e. The molecule has 2 rings (SSSR count). The number of hydrogen-bond acceptors (Lipinski definition) is 4. The van der Waals surface area contributed by atoms with E-state index >= 15 is 0 Å². The monoisotopic (exact) mass is 382 g/mol. The van der Waals surface area contributed by atoms with E-state index in [1.54, 1.807) is 7.11 Å². The van der Waals surface area contributed by atoms with Crippen molar-refractivity contribution in [2.75, 3.05) is 13.7 Å². The van der Waals surface area contributed by atoms with Crippen LogP contribution < -0.4 is 0 Å². The topological polar surface area (TPSA) is 44.8 Å². The Bertz CT molecular complexity index is 559. The van der Waals surface area contributed by atoms with Crippen molar-refractivity contribution in [1.29, 1.82) is 0 Å². The molecule has 1 saturated carbocycles. The molecule has 4 atom stereocenters. The zero-order valence-corrected chi connectivity index (χ0v) is 19.1. The van der Waals surface area contributed by atoms with Crippen LogP contribution in [0.5, 0.6) is 0 Å². The fourth-order valence-electron chi connectivity index (χ4n) is 3.57. The second kappa shape index (κ2) is 7.49. The molecule has 26 heavy (non-hydrogen) atoms. The highest BCUT2D eigenvalue weighted by Crippen LogP contribution is 2.44. The van der Waals surface area contributed by atoms with Gasteiger partial charge < -0.3 is 13.9 Å². The second-order valence-corrected chi connectivity index (χ2v) is 15.1. The maximum absolute atomic E-state index is 13.5. The molecule has 0 aromatic rings. The molecule has 5 heteroatoms. The number of ether oxygens (including phenoxy) is 2. The molecule has 1 fully saturated rings. The molecule has 0 radical (unpaired) electrons. The van der Waals surface area contributed by atoms with Crippen molar-refractivity contribution in [3.8, 4) is 0 Å². The van der Waals surface area contributed by atoms with E-state index in [1.165, 1.54) is 5.57 Å².